The van der Waals surface area contributed by atoms with Crippen LogP contribution in [0.3, 0.4) is 0 Å². The summed E-state index contributed by atoms with van der Waals surface area (Å²) in [6.07, 6.45) is 3.68. The van der Waals surface area contributed by atoms with E-state index in [1.807, 2.05) is 18.3 Å². The van der Waals surface area contributed by atoms with Gasteiger partial charge in [-0.1, -0.05) is 18.2 Å². The number of para-hydroxylation sites is 1. The van der Waals surface area contributed by atoms with Crippen LogP contribution in [-0.2, 0) is 0 Å². The van der Waals surface area contributed by atoms with Crippen molar-refractivity contribution in [3.63, 3.8) is 0 Å². The van der Waals surface area contributed by atoms with Gasteiger partial charge in [0.25, 0.3) is 0 Å². The summed E-state index contributed by atoms with van der Waals surface area (Å²) in [7, 11) is 0. The molecule has 3 aromatic rings. The van der Waals surface area contributed by atoms with Crippen LogP contribution in [0.1, 0.15) is 5.56 Å². The van der Waals surface area contributed by atoms with Crippen LogP contribution < -0.4 is 0 Å². The Morgan fingerprint density at radius 3 is 2.59 bits per heavy atom. The second-order valence-electron chi connectivity index (χ2n) is 3.91. The first-order valence-electron chi connectivity index (χ1n) is 5.34. The highest BCUT2D eigenvalue weighted by molar-refractivity contribution is 5.90. The van der Waals surface area contributed by atoms with Gasteiger partial charge in [0.1, 0.15) is 0 Å². The van der Waals surface area contributed by atoms with Gasteiger partial charge < -0.3 is 4.98 Å². The highest BCUT2D eigenvalue weighted by atomic mass is 35.5. The fraction of sp³-hybridized carbons (Fsp3) is 0.0714. The minimum atomic E-state index is 0. The number of aryl methyl sites for hydroxylation is 1. The Kier molecular flexibility index (Phi) is 3.16. The number of nitrogens with one attached hydrogen (secondary N) is 1. The number of H-pyrrole nitrogens is 1. The quantitative estimate of drug-likeness (QED) is 0.690. The molecule has 0 aliphatic carbocycles. The van der Waals surface area contributed by atoms with E-state index in [9.17, 15) is 0 Å². The zero-order chi connectivity index (χ0) is 11.0. The van der Waals surface area contributed by atoms with Gasteiger partial charge in [-0.05, 0) is 30.7 Å². The molecule has 2 heterocycles. The maximum atomic E-state index is 4.15. The molecule has 2 nitrogen and oxygen atoms in total. The number of halogens is 1. The number of hydrogen-bond acceptors (Lipinski definition) is 1. The van der Waals surface area contributed by atoms with Crippen LogP contribution in [0.2, 0.25) is 0 Å². The number of fused-ring (bicyclic) bond motifs is 1. The fourth-order valence-electron chi connectivity index (χ4n) is 2.08. The Morgan fingerprint density at radius 1 is 1.06 bits per heavy atom. The molecular formula is C14H13ClN2. The van der Waals surface area contributed by atoms with Gasteiger partial charge in [-0.2, -0.15) is 0 Å². The van der Waals surface area contributed by atoms with Crippen LogP contribution in [0.5, 0.6) is 0 Å². The van der Waals surface area contributed by atoms with E-state index in [4.69, 9.17) is 0 Å². The first-order chi connectivity index (χ1) is 7.86. The van der Waals surface area contributed by atoms with Crippen molar-refractivity contribution in [3.8, 4) is 11.3 Å². The lowest BCUT2D eigenvalue weighted by molar-refractivity contribution is 1.30. The Labute approximate surface area is 106 Å². The molecule has 0 amide bonds. The summed E-state index contributed by atoms with van der Waals surface area (Å²) in [4.78, 5) is 7.59. The van der Waals surface area contributed by atoms with Crippen LogP contribution in [0.25, 0.3) is 22.2 Å². The van der Waals surface area contributed by atoms with E-state index in [1.54, 1.807) is 6.20 Å². The molecule has 0 atom stereocenters. The lowest BCUT2D eigenvalue weighted by Gasteiger charge is -1.98. The van der Waals surface area contributed by atoms with Crippen molar-refractivity contribution in [2.75, 3.05) is 0 Å². The average molecular weight is 245 g/mol. The molecule has 0 bridgehead atoms. The molecule has 0 saturated carbocycles. The Morgan fingerprint density at radius 2 is 1.88 bits per heavy atom. The van der Waals surface area contributed by atoms with Gasteiger partial charge in [0.2, 0.25) is 0 Å². The molecule has 3 rings (SSSR count). The lowest BCUT2D eigenvalue weighted by atomic mass is 10.1. The monoisotopic (exact) mass is 244 g/mol. The van der Waals surface area contributed by atoms with E-state index >= 15 is 0 Å². The molecule has 17 heavy (non-hydrogen) atoms. The highest BCUT2D eigenvalue weighted by Gasteiger charge is 2.08. The number of nitrogens with zero attached hydrogens (tertiary/aromatic N) is 1. The summed E-state index contributed by atoms with van der Waals surface area (Å²) in [6.45, 7) is 2.14. The first-order valence-corrected chi connectivity index (χ1v) is 5.34. The number of pyridine rings is 1. The fourth-order valence-corrected chi connectivity index (χ4v) is 2.08. The van der Waals surface area contributed by atoms with Gasteiger partial charge in [-0.15, -0.1) is 12.4 Å². The Bertz CT molecular complexity index is 629. The Balaban J connectivity index is 0.00000108. The smallest absolute Gasteiger partial charge is 0.0510 e. The summed E-state index contributed by atoms with van der Waals surface area (Å²) in [6, 6.07) is 12.4. The van der Waals surface area contributed by atoms with Crippen LogP contribution >= 0.6 is 12.4 Å². The Hall–Kier alpha value is -1.80. The molecule has 0 unspecified atom stereocenters. The summed E-state index contributed by atoms with van der Waals surface area (Å²) >= 11 is 0. The zero-order valence-electron chi connectivity index (χ0n) is 9.47. The van der Waals surface area contributed by atoms with Crippen molar-refractivity contribution in [2.24, 2.45) is 0 Å². The van der Waals surface area contributed by atoms with Crippen LogP contribution in [0, 0.1) is 6.92 Å². The zero-order valence-corrected chi connectivity index (χ0v) is 10.3. The second kappa shape index (κ2) is 4.60. The number of aromatic nitrogens is 2. The predicted molar refractivity (Wildman–Crippen MR) is 73.5 cm³/mol. The van der Waals surface area contributed by atoms with Gasteiger partial charge in [0.15, 0.2) is 0 Å². The van der Waals surface area contributed by atoms with Crippen molar-refractivity contribution in [1.29, 1.82) is 0 Å². The standard InChI is InChI=1S/C14H12N2.ClH/c1-10-12-6-2-3-7-13(12)16-14(10)11-5-4-8-15-9-11;/h2-9,16H,1H3;1H. The number of aromatic amines is 1. The average Bonchev–Trinajstić information content (AvgIpc) is 2.69. The third-order valence-electron chi connectivity index (χ3n) is 2.92. The minimum Gasteiger partial charge on any atom is -0.354 e. The van der Waals surface area contributed by atoms with E-state index in [1.165, 1.54) is 16.5 Å². The third kappa shape index (κ3) is 1.92. The minimum absolute atomic E-state index is 0. The van der Waals surface area contributed by atoms with Gasteiger partial charge >= 0.3 is 0 Å². The van der Waals surface area contributed by atoms with Gasteiger partial charge in [-0.3, -0.25) is 4.98 Å². The summed E-state index contributed by atoms with van der Waals surface area (Å²) in [5.74, 6) is 0. The summed E-state index contributed by atoms with van der Waals surface area (Å²) < 4.78 is 0. The van der Waals surface area contributed by atoms with E-state index in [-0.39, 0.29) is 12.4 Å². The molecule has 0 fully saturated rings. The van der Waals surface area contributed by atoms with Crippen molar-refractivity contribution in [2.45, 2.75) is 6.92 Å². The van der Waals surface area contributed by atoms with Gasteiger partial charge in [-0.25, -0.2) is 0 Å². The molecular weight excluding hydrogens is 232 g/mol. The van der Waals surface area contributed by atoms with Crippen molar-refractivity contribution < 1.29 is 0 Å². The number of rotatable bonds is 1. The van der Waals surface area contributed by atoms with Crippen LogP contribution in [0.4, 0.5) is 0 Å². The van der Waals surface area contributed by atoms with E-state index in [0.717, 1.165) is 11.3 Å². The molecule has 2 aromatic heterocycles. The molecule has 3 heteroatoms. The van der Waals surface area contributed by atoms with E-state index in [2.05, 4.69) is 41.2 Å². The summed E-state index contributed by atoms with van der Waals surface area (Å²) in [5, 5.41) is 1.28. The molecule has 0 spiro atoms. The van der Waals surface area contributed by atoms with Crippen molar-refractivity contribution in [1.82, 2.24) is 9.97 Å². The van der Waals surface area contributed by atoms with Crippen molar-refractivity contribution in [3.05, 3.63) is 54.4 Å². The van der Waals surface area contributed by atoms with Crippen molar-refractivity contribution >= 4 is 23.3 Å². The topological polar surface area (TPSA) is 28.7 Å². The third-order valence-corrected chi connectivity index (χ3v) is 2.92. The molecule has 0 aliphatic rings. The lowest BCUT2D eigenvalue weighted by Crippen LogP contribution is -1.81. The van der Waals surface area contributed by atoms with E-state index in [0.29, 0.717) is 0 Å². The van der Waals surface area contributed by atoms with Gasteiger partial charge in [0.05, 0.1) is 5.69 Å². The molecule has 86 valence electrons. The first kappa shape index (κ1) is 11.7. The normalized spacial score (nSPS) is 10.2. The highest BCUT2D eigenvalue weighted by Crippen LogP contribution is 2.28. The molecule has 0 radical (unpaired) electrons. The second-order valence-corrected chi connectivity index (χ2v) is 3.91. The summed E-state index contributed by atoms with van der Waals surface area (Å²) in [5.41, 5.74) is 4.76. The molecule has 0 aliphatic heterocycles. The number of hydrogen-bond donors (Lipinski definition) is 1. The van der Waals surface area contributed by atoms with Crippen LogP contribution in [0.15, 0.2) is 48.8 Å². The maximum Gasteiger partial charge on any atom is 0.0510 e. The predicted octanol–water partition coefficient (Wildman–Crippen LogP) is 3.96. The molecule has 0 saturated heterocycles. The molecule has 1 aromatic carbocycles. The van der Waals surface area contributed by atoms with Gasteiger partial charge in [0, 0.05) is 28.9 Å². The largest absolute Gasteiger partial charge is 0.354 e. The number of benzene rings is 1. The SMILES string of the molecule is Cc1c(-c2cccnc2)[nH]c2ccccc12.Cl. The van der Waals surface area contributed by atoms with E-state index < -0.39 is 0 Å². The van der Waals surface area contributed by atoms with Crippen LogP contribution in [-0.4, -0.2) is 9.97 Å². The maximum absolute atomic E-state index is 4.15. The molecule has 1 N–H and O–H groups in total.